The standard InChI is InChI=1S/C17H27NO/c1-4-18-16(14-9-10-14)7-5-6-15-12-13(2)8-11-17(15)19-3/h8,11-12,14,16,18H,4-7,9-10H2,1-3H3. The number of rotatable bonds is 8. The highest BCUT2D eigenvalue weighted by atomic mass is 16.5. The molecule has 0 heterocycles. The molecular formula is C17H27NO. The van der Waals surface area contributed by atoms with E-state index in [2.05, 4.69) is 37.4 Å². The Hall–Kier alpha value is -1.02. The van der Waals surface area contributed by atoms with Gasteiger partial charge in [-0.2, -0.15) is 0 Å². The van der Waals surface area contributed by atoms with Crippen LogP contribution in [0.2, 0.25) is 0 Å². The van der Waals surface area contributed by atoms with E-state index >= 15 is 0 Å². The zero-order chi connectivity index (χ0) is 13.7. The number of methoxy groups -OCH3 is 1. The minimum atomic E-state index is 0.737. The second kappa shape index (κ2) is 6.95. The number of benzene rings is 1. The van der Waals surface area contributed by atoms with E-state index in [1.54, 1.807) is 7.11 Å². The van der Waals surface area contributed by atoms with Gasteiger partial charge in [-0.25, -0.2) is 0 Å². The van der Waals surface area contributed by atoms with Crippen molar-refractivity contribution in [3.8, 4) is 5.75 Å². The topological polar surface area (TPSA) is 21.3 Å². The van der Waals surface area contributed by atoms with Gasteiger partial charge in [0.25, 0.3) is 0 Å². The fourth-order valence-corrected chi connectivity index (χ4v) is 2.88. The largest absolute Gasteiger partial charge is 0.496 e. The Bertz CT molecular complexity index is 398. The molecule has 0 aromatic heterocycles. The number of hydrogen-bond donors (Lipinski definition) is 1. The minimum absolute atomic E-state index is 0.737. The van der Waals surface area contributed by atoms with Crippen molar-refractivity contribution < 1.29 is 4.74 Å². The van der Waals surface area contributed by atoms with E-state index in [0.717, 1.165) is 30.7 Å². The minimum Gasteiger partial charge on any atom is -0.496 e. The summed E-state index contributed by atoms with van der Waals surface area (Å²) in [5.74, 6) is 1.98. The molecule has 1 aromatic carbocycles. The van der Waals surface area contributed by atoms with Crippen molar-refractivity contribution >= 4 is 0 Å². The lowest BCUT2D eigenvalue weighted by atomic mass is 10.00. The lowest BCUT2D eigenvalue weighted by molar-refractivity contribution is 0.404. The van der Waals surface area contributed by atoms with Gasteiger partial charge in [0.15, 0.2) is 0 Å². The van der Waals surface area contributed by atoms with Crippen LogP contribution in [0.25, 0.3) is 0 Å². The molecule has 0 radical (unpaired) electrons. The van der Waals surface area contributed by atoms with Gasteiger partial charge < -0.3 is 10.1 Å². The normalized spacial score (nSPS) is 16.4. The molecule has 2 nitrogen and oxygen atoms in total. The third kappa shape index (κ3) is 4.24. The van der Waals surface area contributed by atoms with Gasteiger partial charge in [0, 0.05) is 6.04 Å². The molecule has 0 spiro atoms. The zero-order valence-electron chi connectivity index (χ0n) is 12.5. The smallest absolute Gasteiger partial charge is 0.122 e. The molecule has 1 N–H and O–H groups in total. The van der Waals surface area contributed by atoms with Gasteiger partial charge in [-0.15, -0.1) is 0 Å². The second-order valence-electron chi connectivity index (χ2n) is 5.71. The van der Waals surface area contributed by atoms with E-state index < -0.39 is 0 Å². The predicted molar refractivity (Wildman–Crippen MR) is 80.9 cm³/mol. The van der Waals surface area contributed by atoms with Crippen molar-refractivity contribution in [2.24, 2.45) is 5.92 Å². The van der Waals surface area contributed by atoms with Gasteiger partial charge in [-0.1, -0.05) is 24.6 Å². The summed E-state index contributed by atoms with van der Waals surface area (Å²) in [6, 6.07) is 7.21. The van der Waals surface area contributed by atoms with Crippen molar-refractivity contribution in [1.29, 1.82) is 0 Å². The molecule has 2 rings (SSSR count). The van der Waals surface area contributed by atoms with E-state index in [0.29, 0.717) is 0 Å². The summed E-state index contributed by atoms with van der Waals surface area (Å²) >= 11 is 0. The van der Waals surface area contributed by atoms with Crippen LogP contribution in [-0.2, 0) is 6.42 Å². The predicted octanol–water partition coefficient (Wildman–Crippen LogP) is 3.71. The maximum absolute atomic E-state index is 5.45. The Kier molecular flexibility index (Phi) is 5.26. The Morgan fingerprint density at radius 3 is 2.79 bits per heavy atom. The summed E-state index contributed by atoms with van der Waals surface area (Å²) in [5, 5.41) is 3.64. The third-order valence-electron chi connectivity index (χ3n) is 4.05. The molecule has 1 unspecified atom stereocenters. The fourth-order valence-electron chi connectivity index (χ4n) is 2.88. The molecule has 1 atom stereocenters. The molecule has 1 saturated carbocycles. The fraction of sp³-hybridized carbons (Fsp3) is 0.647. The van der Waals surface area contributed by atoms with Crippen molar-refractivity contribution in [3.05, 3.63) is 29.3 Å². The van der Waals surface area contributed by atoms with Crippen molar-refractivity contribution in [2.75, 3.05) is 13.7 Å². The summed E-state index contributed by atoms with van der Waals surface area (Å²) in [6.07, 6.45) is 6.50. The van der Waals surface area contributed by atoms with Crippen LogP contribution >= 0.6 is 0 Å². The van der Waals surface area contributed by atoms with Gasteiger partial charge in [-0.3, -0.25) is 0 Å². The van der Waals surface area contributed by atoms with Gasteiger partial charge in [0.2, 0.25) is 0 Å². The molecule has 106 valence electrons. The molecule has 0 aliphatic heterocycles. The maximum atomic E-state index is 5.45. The Morgan fingerprint density at radius 1 is 1.37 bits per heavy atom. The van der Waals surface area contributed by atoms with E-state index in [9.17, 15) is 0 Å². The van der Waals surface area contributed by atoms with Crippen LogP contribution in [0.3, 0.4) is 0 Å². The Morgan fingerprint density at radius 2 is 2.16 bits per heavy atom. The van der Waals surface area contributed by atoms with Crippen LogP contribution in [-0.4, -0.2) is 19.7 Å². The summed E-state index contributed by atoms with van der Waals surface area (Å²) in [5.41, 5.74) is 2.68. The highest BCUT2D eigenvalue weighted by Crippen LogP contribution is 2.35. The Labute approximate surface area is 117 Å². The first-order valence-electron chi connectivity index (χ1n) is 7.61. The first kappa shape index (κ1) is 14.4. The number of aryl methyl sites for hydroxylation is 2. The highest BCUT2D eigenvalue weighted by molar-refractivity contribution is 5.36. The SMILES string of the molecule is CCNC(CCCc1cc(C)ccc1OC)C1CC1. The van der Waals surface area contributed by atoms with E-state index in [1.165, 1.54) is 36.8 Å². The van der Waals surface area contributed by atoms with Gasteiger partial charge in [0.05, 0.1) is 7.11 Å². The highest BCUT2D eigenvalue weighted by Gasteiger charge is 2.29. The van der Waals surface area contributed by atoms with Crippen LogP contribution < -0.4 is 10.1 Å². The molecule has 1 aliphatic rings. The lowest BCUT2D eigenvalue weighted by Gasteiger charge is -2.17. The average molecular weight is 261 g/mol. The molecule has 19 heavy (non-hydrogen) atoms. The molecule has 1 aromatic rings. The van der Waals surface area contributed by atoms with E-state index in [-0.39, 0.29) is 0 Å². The first-order valence-corrected chi connectivity index (χ1v) is 7.61. The van der Waals surface area contributed by atoms with Crippen LogP contribution in [0.4, 0.5) is 0 Å². The second-order valence-corrected chi connectivity index (χ2v) is 5.71. The number of nitrogens with one attached hydrogen (secondary N) is 1. The van der Waals surface area contributed by atoms with Crippen LogP contribution in [0.15, 0.2) is 18.2 Å². The zero-order valence-corrected chi connectivity index (χ0v) is 12.5. The van der Waals surface area contributed by atoms with E-state index in [4.69, 9.17) is 4.74 Å². The van der Waals surface area contributed by atoms with E-state index in [1.807, 2.05) is 0 Å². The molecule has 0 amide bonds. The maximum Gasteiger partial charge on any atom is 0.122 e. The number of hydrogen-bond acceptors (Lipinski definition) is 2. The molecular weight excluding hydrogens is 234 g/mol. The van der Waals surface area contributed by atoms with Crippen molar-refractivity contribution in [3.63, 3.8) is 0 Å². The van der Waals surface area contributed by atoms with Crippen LogP contribution in [0, 0.1) is 12.8 Å². The summed E-state index contributed by atoms with van der Waals surface area (Å²) < 4.78 is 5.45. The Balaban J connectivity index is 1.85. The average Bonchev–Trinajstić information content (AvgIpc) is 3.22. The summed E-state index contributed by atoms with van der Waals surface area (Å²) in [6.45, 7) is 5.45. The molecule has 1 aliphatic carbocycles. The monoisotopic (exact) mass is 261 g/mol. The molecule has 0 saturated heterocycles. The lowest BCUT2D eigenvalue weighted by Crippen LogP contribution is -2.30. The summed E-state index contributed by atoms with van der Waals surface area (Å²) in [7, 11) is 1.76. The molecule has 0 bridgehead atoms. The first-order chi connectivity index (χ1) is 9.24. The summed E-state index contributed by atoms with van der Waals surface area (Å²) in [4.78, 5) is 0. The van der Waals surface area contributed by atoms with Crippen molar-refractivity contribution in [2.45, 2.75) is 52.0 Å². The molecule has 1 fully saturated rings. The van der Waals surface area contributed by atoms with Crippen LogP contribution in [0.5, 0.6) is 5.75 Å². The van der Waals surface area contributed by atoms with Gasteiger partial charge in [0.1, 0.15) is 5.75 Å². The number of ether oxygens (including phenoxy) is 1. The van der Waals surface area contributed by atoms with Gasteiger partial charge in [-0.05, 0) is 63.1 Å². The van der Waals surface area contributed by atoms with Gasteiger partial charge >= 0.3 is 0 Å². The quantitative estimate of drug-likeness (QED) is 0.770. The van der Waals surface area contributed by atoms with Crippen LogP contribution in [0.1, 0.15) is 43.7 Å². The molecule has 2 heteroatoms. The van der Waals surface area contributed by atoms with Crippen molar-refractivity contribution in [1.82, 2.24) is 5.32 Å². The third-order valence-corrected chi connectivity index (χ3v) is 4.05.